The standard InChI is InChI=1S/C71H114O6/c1-4-7-10-13-16-19-22-25-27-29-31-32-33-34-35-36-37-38-40-41-43-46-49-52-55-58-61-64-70(73)76-67-68(66-75-69(72)63-60-57-54-51-48-45-24-21-18-15-12-9-6-3)77-71(74)65-62-59-56-53-50-47-44-42-39-30-28-26-23-20-17-14-11-8-5-2/h7-8,10-12,15-17,19-21,24-28,31-32,39,42,47,50,56,59,68H,4-6,9,13-14,18,22-23,29-30,33-38,40-41,43-46,48-49,51-55,57-58,60-67H2,1-3H3/b10-7-,11-8-,15-12-,19-16-,20-17-,24-21-,27-25-,28-26-,32-31-,42-39-,50-47-,59-56-. The molecule has 0 spiro atoms. The third kappa shape index (κ3) is 62.0. The van der Waals surface area contributed by atoms with Crippen LogP contribution in [-0.4, -0.2) is 37.2 Å². The lowest BCUT2D eigenvalue weighted by atomic mass is 10.0. The molecule has 0 aliphatic carbocycles. The molecule has 77 heavy (non-hydrogen) atoms. The van der Waals surface area contributed by atoms with E-state index in [2.05, 4.69) is 154 Å². The average molecular weight is 1060 g/mol. The van der Waals surface area contributed by atoms with E-state index in [0.717, 1.165) is 135 Å². The van der Waals surface area contributed by atoms with Gasteiger partial charge in [-0.25, -0.2) is 0 Å². The second kappa shape index (κ2) is 63.8. The molecule has 0 fully saturated rings. The summed E-state index contributed by atoms with van der Waals surface area (Å²) in [5, 5.41) is 0. The maximum Gasteiger partial charge on any atom is 0.306 e. The van der Waals surface area contributed by atoms with Crippen LogP contribution in [0.5, 0.6) is 0 Å². The Bertz CT molecular complexity index is 1700. The Kier molecular flexibility index (Phi) is 59.9. The topological polar surface area (TPSA) is 78.9 Å². The van der Waals surface area contributed by atoms with E-state index in [1.54, 1.807) is 0 Å². The number of carbonyl (C=O) groups excluding carboxylic acids is 3. The Morgan fingerprint density at radius 3 is 0.844 bits per heavy atom. The number of ether oxygens (including phenoxy) is 3. The van der Waals surface area contributed by atoms with Gasteiger partial charge in [-0.1, -0.05) is 269 Å². The molecule has 0 saturated heterocycles. The van der Waals surface area contributed by atoms with Gasteiger partial charge in [0.05, 0.1) is 0 Å². The van der Waals surface area contributed by atoms with E-state index in [9.17, 15) is 14.4 Å². The molecular formula is C71H114O6. The first-order valence-electron chi connectivity index (χ1n) is 31.3. The van der Waals surface area contributed by atoms with Gasteiger partial charge in [0.1, 0.15) is 13.2 Å². The van der Waals surface area contributed by atoms with Crippen LogP contribution in [0.1, 0.15) is 265 Å². The van der Waals surface area contributed by atoms with Gasteiger partial charge in [-0.2, -0.15) is 0 Å². The van der Waals surface area contributed by atoms with Crippen LogP contribution in [-0.2, 0) is 28.6 Å². The Hall–Kier alpha value is -4.71. The van der Waals surface area contributed by atoms with Crippen molar-refractivity contribution in [2.24, 2.45) is 0 Å². The highest BCUT2D eigenvalue weighted by atomic mass is 16.6. The first-order chi connectivity index (χ1) is 38.0. The van der Waals surface area contributed by atoms with Gasteiger partial charge in [-0.15, -0.1) is 0 Å². The van der Waals surface area contributed by atoms with Crippen LogP contribution in [0, 0.1) is 0 Å². The summed E-state index contributed by atoms with van der Waals surface area (Å²) in [5.74, 6) is -1.02. The molecule has 0 rings (SSSR count). The lowest BCUT2D eigenvalue weighted by Gasteiger charge is -2.18. The molecule has 0 aliphatic rings. The molecule has 434 valence electrons. The maximum atomic E-state index is 12.9. The second-order valence-electron chi connectivity index (χ2n) is 20.2. The van der Waals surface area contributed by atoms with Crippen LogP contribution in [0.25, 0.3) is 0 Å². The fourth-order valence-electron chi connectivity index (χ4n) is 8.20. The van der Waals surface area contributed by atoms with Crippen LogP contribution < -0.4 is 0 Å². The van der Waals surface area contributed by atoms with E-state index in [-0.39, 0.29) is 31.6 Å². The zero-order chi connectivity index (χ0) is 55.7. The first-order valence-corrected chi connectivity index (χ1v) is 31.3. The van der Waals surface area contributed by atoms with E-state index in [0.29, 0.717) is 19.3 Å². The number of rotatable bonds is 55. The molecule has 0 aliphatic heterocycles. The molecule has 0 bridgehead atoms. The van der Waals surface area contributed by atoms with E-state index < -0.39 is 12.1 Å². The third-order valence-corrected chi connectivity index (χ3v) is 12.8. The minimum atomic E-state index is -0.831. The maximum absolute atomic E-state index is 12.9. The SMILES string of the molecule is CC/C=C\C/C=C\C/C=C\C/C=C\C/C=C\C/C=C\CCC(=O)OC(COC(=O)CCCCCCC/C=C\C/C=C\CCC)COC(=O)CCCCCCCCCCCCCCCC/C=C\C/C=C\C/C=C\C/C=C\CC. The van der Waals surface area contributed by atoms with Crippen molar-refractivity contribution in [1.29, 1.82) is 0 Å². The van der Waals surface area contributed by atoms with Crippen LogP contribution in [0.3, 0.4) is 0 Å². The first kappa shape index (κ1) is 72.3. The predicted octanol–water partition coefficient (Wildman–Crippen LogP) is 21.5. The summed E-state index contributed by atoms with van der Waals surface area (Å²) < 4.78 is 16.8. The molecule has 0 heterocycles. The van der Waals surface area contributed by atoms with Crippen molar-refractivity contribution in [3.63, 3.8) is 0 Å². The molecule has 1 unspecified atom stereocenters. The summed E-state index contributed by atoms with van der Waals surface area (Å²) in [5.41, 5.74) is 0. The molecule has 6 nitrogen and oxygen atoms in total. The normalized spacial score (nSPS) is 13.1. The molecule has 0 amide bonds. The fraction of sp³-hybridized carbons (Fsp3) is 0.620. The van der Waals surface area contributed by atoms with Crippen LogP contribution in [0.4, 0.5) is 0 Å². The highest BCUT2D eigenvalue weighted by Gasteiger charge is 2.19. The van der Waals surface area contributed by atoms with Crippen molar-refractivity contribution in [1.82, 2.24) is 0 Å². The van der Waals surface area contributed by atoms with Crippen LogP contribution >= 0.6 is 0 Å². The lowest BCUT2D eigenvalue weighted by Crippen LogP contribution is -2.30. The van der Waals surface area contributed by atoms with Gasteiger partial charge < -0.3 is 14.2 Å². The molecule has 0 aromatic carbocycles. The number of unbranched alkanes of at least 4 members (excludes halogenated alkanes) is 20. The minimum absolute atomic E-state index is 0.117. The molecule has 0 radical (unpaired) electrons. The smallest absolute Gasteiger partial charge is 0.306 e. The van der Waals surface area contributed by atoms with E-state index >= 15 is 0 Å². The van der Waals surface area contributed by atoms with E-state index in [1.807, 2.05) is 12.2 Å². The molecule has 0 aromatic rings. The van der Waals surface area contributed by atoms with Gasteiger partial charge in [0, 0.05) is 19.3 Å². The average Bonchev–Trinajstić information content (AvgIpc) is 3.43. The fourth-order valence-corrected chi connectivity index (χ4v) is 8.20. The highest BCUT2D eigenvalue weighted by Crippen LogP contribution is 2.15. The van der Waals surface area contributed by atoms with Crippen LogP contribution in [0.2, 0.25) is 0 Å². The zero-order valence-corrected chi connectivity index (χ0v) is 49.7. The second-order valence-corrected chi connectivity index (χ2v) is 20.2. The molecular weight excluding hydrogens is 949 g/mol. The van der Waals surface area contributed by atoms with Crippen molar-refractivity contribution in [3.05, 3.63) is 146 Å². The largest absolute Gasteiger partial charge is 0.462 e. The van der Waals surface area contributed by atoms with Crippen molar-refractivity contribution in [3.8, 4) is 0 Å². The quantitative estimate of drug-likeness (QED) is 0.0261. The summed E-state index contributed by atoms with van der Waals surface area (Å²) in [6, 6.07) is 0. The van der Waals surface area contributed by atoms with Gasteiger partial charge in [0.15, 0.2) is 6.10 Å². The number of esters is 3. The van der Waals surface area contributed by atoms with Crippen molar-refractivity contribution in [2.75, 3.05) is 13.2 Å². The Balaban J connectivity index is 4.40. The summed E-state index contributed by atoms with van der Waals surface area (Å²) in [6.45, 7) is 6.28. The zero-order valence-electron chi connectivity index (χ0n) is 49.7. The number of allylic oxidation sites excluding steroid dienone is 24. The summed E-state index contributed by atoms with van der Waals surface area (Å²) in [6.07, 6.45) is 91.5. The number of hydrogen-bond donors (Lipinski definition) is 0. The van der Waals surface area contributed by atoms with Gasteiger partial charge >= 0.3 is 17.9 Å². The summed E-state index contributed by atoms with van der Waals surface area (Å²) in [7, 11) is 0. The van der Waals surface area contributed by atoms with Gasteiger partial charge in [-0.05, 0) is 122 Å². The minimum Gasteiger partial charge on any atom is -0.462 e. The molecule has 6 heteroatoms. The number of carbonyl (C=O) groups is 3. The number of hydrogen-bond acceptors (Lipinski definition) is 6. The molecule has 0 N–H and O–H groups in total. The van der Waals surface area contributed by atoms with Crippen molar-refractivity contribution >= 4 is 17.9 Å². The molecule has 0 aromatic heterocycles. The Labute approximate surface area is 474 Å². The van der Waals surface area contributed by atoms with Gasteiger partial charge in [0.2, 0.25) is 0 Å². The summed E-state index contributed by atoms with van der Waals surface area (Å²) in [4.78, 5) is 38.2. The van der Waals surface area contributed by atoms with Gasteiger partial charge in [-0.3, -0.25) is 14.4 Å². The monoisotopic (exact) mass is 1060 g/mol. The third-order valence-electron chi connectivity index (χ3n) is 12.8. The Morgan fingerprint density at radius 2 is 0.532 bits per heavy atom. The summed E-state index contributed by atoms with van der Waals surface area (Å²) >= 11 is 0. The highest BCUT2D eigenvalue weighted by molar-refractivity contribution is 5.71. The van der Waals surface area contributed by atoms with Crippen molar-refractivity contribution in [2.45, 2.75) is 271 Å². The van der Waals surface area contributed by atoms with Crippen LogP contribution in [0.15, 0.2) is 146 Å². The van der Waals surface area contributed by atoms with E-state index in [1.165, 1.54) is 83.5 Å². The van der Waals surface area contributed by atoms with E-state index in [4.69, 9.17) is 14.2 Å². The predicted molar refractivity (Wildman–Crippen MR) is 334 cm³/mol. The Morgan fingerprint density at radius 1 is 0.273 bits per heavy atom. The van der Waals surface area contributed by atoms with Gasteiger partial charge in [0.25, 0.3) is 0 Å². The van der Waals surface area contributed by atoms with Crippen molar-refractivity contribution < 1.29 is 28.6 Å². The molecule has 1 atom stereocenters. The lowest BCUT2D eigenvalue weighted by molar-refractivity contribution is -0.166. The molecule has 0 saturated carbocycles.